The van der Waals surface area contributed by atoms with Crippen molar-refractivity contribution in [2.45, 2.75) is 39.5 Å². The van der Waals surface area contributed by atoms with Gasteiger partial charge in [0.05, 0.1) is 19.4 Å². The maximum atomic E-state index is 12.4. The third-order valence-corrected chi connectivity index (χ3v) is 5.63. The van der Waals surface area contributed by atoms with Crippen molar-refractivity contribution in [3.8, 4) is 0 Å². The van der Waals surface area contributed by atoms with Gasteiger partial charge in [-0.3, -0.25) is 4.57 Å². The summed E-state index contributed by atoms with van der Waals surface area (Å²) in [6, 6.07) is 0. The molecule has 1 N–H and O–H groups in total. The van der Waals surface area contributed by atoms with E-state index in [0.29, 0.717) is 19.4 Å². The van der Waals surface area contributed by atoms with Crippen LogP contribution in [0, 0.1) is 11.8 Å². The van der Waals surface area contributed by atoms with Crippen LogP contribution in [0.1, 0.15) is 39.5 Å². The highest BCUT2D eigenvalue weighted by Gasteiger charge is 2.33. The van der Waals surface area contributed by atoms with Gasteiger partial charge in [-0.2, -0.15) is 0 Å². The Kier molecular flexibility index (Phi) is 6.71. The number of aliphatic hydroxyl groups excluding tert-OH is 1. The standard InChI is InChI=1S/C12H25O4P/c1-3-15-17(14,16-4-2)10-12-8-6-5-7-11(12)9-13/h11-13H,3-10H2,1-2H3/t11-,12+/m0/s1. The van der Waals surface area contributed by atoms with Crippen LogP contribution in [-0.4, -0.2) is 31.1 Å². The molecule has 1 rings (SSSR count). The number of rotatable bonds is 7. The van der Waals surface area contributed by atoms with Crippen molar-refractivity contribution in [3.05, 3.63) is 0 Å². The molecule has 0 unspecified atom stereocenters. The van der Waals surface area contributed by atoms with Crippen molar-refractivity contribution in [1.29, 1.82) is 0 Å². The molecule has 0 aromatic carbocycles. The minimum absolute atomic E-state index is 0.183. The third-order valence-electron chi connectivity index (χ3n) is 3.41. The molecular weight excluding hydrogens is 239 g/mol. The summed E-state index contributed by atoms with van der Waals surface area (Å²) in [5.74, 6) is 0.538. The molecule has 0 bridgehead atoms. The lowest BCUT2D eigenvalue weighted by Gasteiger charge is -2.32. The quantitative estimate of drug-likeness (QED) is 0.718. The molecule has 0 spiro atoms. The molecule has 0 amide bonds. The Morgan fingerprint density at radius 3 is 2.12 bits per heavy atom. The van der Waals surface area contributed by atoms with Crippen LogP contribution in [0.25, 0.3) is 0 Å². The van der Waals surface area contributed by atoms with Gasteiger partial charge >= 0.3 is 7.60 Å². The van der Waals surface area contributed by atoms with Gasteiger partial charge in [0.2, 0.25) is 0 Å². The number of aliphatic hydroxyl groups is 1. The second-order valence-corrected chi connectivity index (χ2v) is 6.72. The summed E-state index contributed by atoms with van der Waals surface area (Å²) in [7, 11) is -2.95. The van der Waals surface area contributed by atoms with Crippen LogP contribution < -0.4 is 0 Å². The van der Waals surface area contributed by atoms with Gasteiger partial charge in [0, 0.05) is 6.61 Å². The highest BCUT2D eigenvalue weighted by atomic mass is 31.2. The Morgan fingerprint density at radius 2 is 1.65 bits per heavy atom. The zero-order valence-electron chi connectivity index (χ0n) is 10.9. The molecule has 5 heteroatoms. The van der Waals surface area contributed by atoms with Gasteiger partial charge in [0.1, 0.15) is 0 Å². The van der Waals surface area contributed by atoms with Crippen LogP contribution in [0.5, 0.6) is 0 Å². The van der Waals surface area contributed by atoms with Crippen LogP contribution in [0.4, 0.5) is 0 Å². The van der Waals surface area contributed by atoms with E-state index in [9.17, 15) is 9.67 Å². The SMILES string of the molecule is CCOP(=O)(C[C@H]1CCCC[C@H]1CO)OCC. The first kappa shape index (κ1) is 15.2. The maximum absolute atomic E-state index is 12.4. The van der Waals surface area contributed by atoms with Gasteiger partial charge in [0.25, 0.3) is 0 Å². The maximum Gasteiger partial charge on any atom is 0.330 e. The summed E-state index contributed by atoms with van der Waals surface area (Å²) in [6.07, 6.45) is 4.82. The second-order valence-electron chi connectivity index (χ2n) is 4.62. The smallest absolute Gasteiger partial charge is 0.330 e. The summed E-state index contributed by atoms with van der Waals surface area (Å²) in [6.45, 7) is 4.66. The number of hydrogen-bond acceptors (Lipinski definition) is 4. The van der Waals surface area contributed by atoms with E-state index in [2.05, 4.69) is 0 Å². The predicted octanol–water partition coefficient (Wildman–Crippen LogP) is 3.05. The van der Waals surface area contributed by atoms with Crippen molar-refractivity contribution in [1.82, 2.24) is 0 Å². The summed E-state index contributed by atoms with van der Waals surface area (Å²) >= 11 is 0. The zero-order chi connectivity index (χ0) is 12.7. The van der Waals surface area contributed by atoms with Gasteiger partial charge in [-0.1, -0.05) is 12.8 Å². The summed E-state index contributed by atoms with van der Waals surface area (Å²) in [5.41, 5.74) is 0. The molecule has 0 aromatic rings. The Bertz CT molecular complexity index is 247. The number of hydrogen-bond donors (Lipinski definition) is 1. The average molecular weight is 264 g/mol. The van der Waals surface area contributed by atoms with E-state index in [-0.39, 0.29) is 18.4 Å². The molecule has 17 heavy (non-hydrogen) atoms. The van der Waals surface area contributed by atoms with E-state index < -0.39 is 7.60 Å². The van der Waals surface area contributed by atoms with Crippen molar-refractivity contribution in [2.75, 3.05) is 26.0 Å². The van der Waals surface area contributed by atoms with Gasteiger partial charge < -0.3 is 14.2 Å². The summed E-state index contributed by atoms with van der Waals surface area (Å²) < 4.78 is 23.1. The molecule has 1 aliphatic carbocycles. The lowest BCUT2D eigenvalue weighted by molar-refractivity contribution is 0.137. The van der Waals surface area contributed by atoms with Gasteiger partial charge in [-0.15, -0.1) is 0 Å². The van der Waals surface area contributed by atoms with Crippen molar-refractivity contribution in [2.24, 2.45) is 11.8 Å². The van der Waals surface area contributed by atoms with E-state index in [1.165, 1.54) is 0 Å². The van der Waals surface area contributed by atoms with E-state index in [1.807, 2.05) is 13.8 Å². The van der Waals surface area contributed by atoms with Crippen LogP contribution >= 0.6 is 7.60 Å². The molecule has 4 nitrogen and oxygen atoms in total. The molecule has 1 fully saturated rings. The van der Waals surface area contributed by atoms with Crippen LogP contribution in [0.2, 0.25) is 0 Å². The molecule has 102 valence electrons. The van der Waals surface area contributed by atoms with E-state index in [1.54, 1.807) is 0 Å². The molecule has 1 saturated carbocycles. The van der Waals surface area contributed by atoms with Gasteiger partial charge in [0.15, 0.2) is 0 Å². The van der Waals surface area contributed by atoms with E-state index >= 15 is 0 Å². The first-order valence-corrected chi connectivity index (χ1v) is 8.37. The molecule has 2 atom stereocenters. The third kappa shape index (κ3) is 4.70. The van der Waals surface area contributed by atoms with Gasteiger partial charge in [-0.05, 0) is 38.5 Å². The topological polar surface area (TPSA) is 55.8 Å². The summed E-state index contributed by atoms with van der Waals surface area (Å²) in [4.78, 5) is 0. The first-order valence-electron chi connectivity index (χ1n) is 6.64. The molecule has 0 radical (unpaired) electrons. The molecule has 0 aromatic heterocycles. The van der Waals surface area contributed by atoms with Crippen LogP contribution in [-0.2, 0) is 13.6 Å². The lowest BCUT2D eigenvalue weighted by atomic mass is 9.81. The molecule has 0 heterocycles. The Labute approximate surface area is 104 Å². The minimum atomic E-state index is -2.95. The Morgan fingerprint density at radius 1 is 1.12 bits per heavy atom. The Balaban J connectivity index is 2.60. The summed E-state index contributed by atoms with van der Waals surface area (Å²) in [5, 5.41) is 9.35. The predicted molar refractivity (Wildman–Crippen MR) is 68.3 cm³/mol. The van der Waals surface area contributed by atoms with Gasteiger partial charge in [-0.25, -0.2) is 0 Å². The second kappa shape index (κ2) is 7.52. The highest BCUT2D eigenvalue weighted by molar-refractivity contribution is 7.53. The first-order chi connectivity index (χ1) is 8.15. The fraction of sp³-hybridized carbons (Fsp3) is 1.00. The zero-order valence-corrected chi connectivity index (χ0v) is 11.8. The monoisotopic (exact) mass is 264 g/mol. The Hall–Kier alpha value is 0.110. The average Bonchev–Trinajstić information content (AvgIpc) is 2.30. The van der Waals surface area contributed by atoms with Crippen molar-refractivity contribution < 1.29 is 18.7 Å². The minimum Gasteiger partial charge on any atom is -0.396 e. The molecule has 1 aliphatic rings. The normalized spacial score (nSPS) is 26.1. The van der Waals surface area contributed by atoms with E-state index in [0.717, 1.165) is 25.7 Å². The van der Waals surface area contributed by atoms with Crippen molar-refractivity contribution >= 4 is 7.60 Å². The highest BCUT2D eigenvalue weighted by Crippen LogP contribution is 2.52. The fourth-order valence-corrected chi connectivity index (χ4v) is 4.72. The fourth-order valence-electron chi connectivity index (χ4n) is 2.59. The molecule has 0 aliphatic heterocycles. The van der Waals surface area contributed by atoms with Crippen LogP contribution in [0.15, 0.2) is 0 Å². The molecular formula is C12H25O4P. The van der Waals surface area contributed by atoms with Crippen molar-refractivity contribution in [3.63, 3.8) is 0 Å². The largest absolute Gasteiger partial charge is 0.396 e. The van der Waals surface area contributed by atoms with E-state index in [4.69, 9.17) is 9.05 Å². The molecule has 0 saturated heterocycles. The lowest BCUT2D eigenvalue weighted by Crippen LogP contribution is -2.26. The van der Waals surface area contributed by atoms with Crippen LogP contribution in [0.3, 0.4) is 0 Å².